The van der Waals surface area contributed by atoms with Crippen LogP contribution in [-0.2, 0) is 6.54 Å². The number of aromatic nitrogens is 3. The van der Waals surface area contributed by atoms with Gasteiger partial charge in [-0.25, -0.2) is 0 Å². The fourth-order valence-electron chi connectivity index (χ4n) is 3.83. The molecule has 150 valence electrons. The molecule has 4 rings (SSSR count). The van der Waals surface area contributed by atoms with Crippen LogP contribution >= 0.6 is 0 Å². The number of ether oxygens (including phenoxy) is 1. The number of aromatic amines is 1. The molecule has 1 fully saturated rings. The summed E-state index contributed by atoms with van der Waals surface area (Å²) in [4.78, 5) is 19.3. The van der Waals surface area contributed by atoms with E-state index in [1.165, 1.54) is 5.56 Å². The molecule has 0 saturated carbocycles. The second-order valence-corrected chi connectivity index (χ2v) is 7.32. The number of carbonyl (C=O) groups excluding carboxylic acids is 1. The maximum Gasteiger partial charge on any atom is 0.255 e. The van der Waals surface area contributed by atoms with E-state index in [0.29, 0.717) is 11.5 Å². The number of H-pyrrole nitrogens is 1. The Morgan fingerprint density at radius 2 is 2.14 bits per heavy atom. The number of piperidine rings is 1. The van der Waals surface area contributed by atoms with Crippen molar-refractivity contribution in [1.82, 2.24) is 20.1 Å². The SMILES string of the molecule is COc1ccc(C(=O)Nc2cn[nH]c2C2CCCN(Cc3cccnc3)C2)cc1. The van der Waals surface area contributed by atoms with Crippen LogP contribution in [0.4, 0.5) is 5.69 Å². The van der Waals surface area contributed by atoms with Crippen molar-refractivity contribution >= 4 is 11.6 Å². The predicted molar refractivity (Wildman–Crippen MR) is 111 cm³/mol. The maximum absolute atomic E-state index is 12.6. The summed E-state index contributed by atoms with van der Waals surface area (Å²) >= 11 is 0. The molecule has 2 N–H and O–H groups in total. The molecule has 3 aromatic rings. The Bertz CT molecular complexity index is 939. The van der Waals surface area contributed by atoms with Crippen molar-refractivity contribution in [3.63, 3.8) is 0 Å². The van der Waals surface area contributed by atoms with Gasteiger partial charge in [0.15, 0.2) is 0 Å². The Labute approximate surface area is 170 Å². The van der Waals surface area contributed by atoms with Crippen LogP contribution in [0.1, 0.15) is 40.4 Å². The summed E-state index contributed by atoms with van der Waals surface area (Å²) in [6.07, 6.45) is 7.58. The topological polar surface area (TPSA) is 83.1 Å². The average molecular weight is 391 g/mol. The van der Waals surface area contributed by atoms with Crippen LogP contribution in [0.3, 0.4) is 0 Å². The van der Waals surface area contributed by atoms with Crippen LogP contribution < -0.4 is 10.1 Å². The van der Waals surface area contributed by atoms with Crippen molar-refractivity contribution in [3.8, 4) is 5.75 Å². The minimum Gasteiger partial charge on any atom is -0.497 e. The zero-order valence-electron chi connectivity index (χ0n) is 16.5. The molecular weight excluding hydrogens is 366 g/mol. The summed E-state index contributed by atoms with van der Waals surface area (Å²) in [6.45, 7) is 2.86. The maximum atomic E-state index is 12.6. The van der Waals surface area contributed by atoms with Gasteiger partial charge < -0.3 is 10.1 Å². The first-order valence-corrected chi connectivity index (χ1v) is 9.83. The van der Waals surface area contributed by atoms with Gasteiger partial charge in [-0.2, -0.15) is 5.10 Å². The summed E-state index contributed by atoms with van der Waals surface area (Å²) in [6, 6.07) is 11.1. The van der Waals surface area contributed by atoms with E-state index in [1.54, 1.807) is 43.8 Å². The van der Waals surface area contributed by atoms with E-state index in [-0.39, 0.29) is 5.91 Å². The number of likely N-dealkylation sites (tertiary alicyclic amines) is 1. The lowest BCUT2D eigenvalue weighted by Crippen LogP contribution is -2.34. The molecule has 3 heterocycles. The van der Waals surface area contributed by atoms with E-state index in [4.69, 9.17) is 4.74 Å². The van der Waals surface area contributed by atoms with Crippen LogP contribution in [-0.4, -0.2) is 46.2 Å². The number of benzene rings is 1. The van der Waals surface area contributed by atoms with E-state index in [2.05, 4.69) is 31.5 Å². The van der Waals surface area contributed by atoms with Crippen LogP contribution in [0.15, 0.2) is 55.0 Å². The highest BCUT2D eigenvalue weighted by Crippen LogP contribution is 2.31. The molecule has 1 aromatic carbocycles. The molecule has 1 unspecified atom stereocenters. The van der Waals surface area contributed by atoms with Gasteiger partial charge in [-0.1, -0.05) is 6.07 Å². The summed E-state index contributed by atoms with van der Waals surface area (Å²) in [5.41, 5.74) is 3.53. The minimum absolute atomic E-state index is 0.154. The Morgan fingerprint density at radius 3 is 2.90 bits per heavy atom. The highest BCUT2D eigenvalue weighted by Gasteiger charge is 2.25. The fraction of sp³-hybridized carbons (Fsp3) is 0.318. The van der Waals surface area contributed by atoms with E-state index in [0.717, 1.165) is 49.6 Å². The third-order valence-electron chi connectivity index (χ3n) is 5.31. The standard InChI is InChI=1S/C22H25N5O2/c1-29-19-8-6-17(7-9-19)22(28)25-20-13-24-26-21(20)18-5-3-11-27(15-18)14-16-4-2-10-23-12-16/h2,4,6-10,12-13,18H,3,5,11,14-15H2,1H3,(H,24,26)(H,25,28). The summed E-state index contributed by atoms with van der Waals surface area (Å²) in [5, 5.41) is 10.3. The molecule has 1 aliphatic heterocycles. The van der Waals surface area contributed by atoms with E-state index in [9.17, 15) is 4.79 Å². The Morgan fingerprint density at radius 1 is 1.28 bits per heavy atom. The number of hydrogen-bond acceptors (Lipinski definition) is 5. The monoisotopic (exact) mass is 391 g/mol. The number of nitrogens with zero attached hydrogens (tertiary/aromatic N) is 3. The van der Waals surface area contributed by atoms with Crippen LogP contribution in [0.2, 0.25) is 0 Å². The van der Waals surface area contributed by atoms with Gasteiger partial charge in [0.05, 0.1) is 24.7 Å². The lowest BCUT2D eigenvalue weighted by Gasteiger charge is -2.32. The predicted octanol–water partition coefficient (Wildman–Crippen LogP) is 3.45. The van der Waals surface area contributed by atoms with Crippen molar-refractivity contribution in [1.29, 1.82) is 0 Å². The van der Waals surface area contributed by atoms with Gasteiger partial charge in [-0.3, -0.25) is 19.8 Å². The number of methoxy groups -OCH3 is 1. The molecule has 7 heteroatoms. The number of carbonyl (C=O) groups is 1. The second-order valence-electron chi connectivity index (χ2n) is 7.32. The molecule has 1 amide bonds. The van der Waals surface area contributed by atoms with Crippen molar-refractivity contribution in [3.05, 3.63) is 71.8 Å². The molecule has 1 aliphatic rings. The molecule has 0 spiro atoms. The van der Waals surface area contributed by atoms with Crippen molar-refractivity contribution in [2.45, 2.75) is 25.3 Å². The molecule has 29 heavy (non-hydrogen) atoms. The van der Waals surface area contributed by atoms with Gasteiger partial charge in [-0.05, 0) is 55.3 Å². The van der Waals surface area contributed by atoms with Gasteiger partial charge >= 0.3 is 0 Å². The van der Waals surface area contributed by atoms with Crippen LogP contribution in [0.25, 0.3) is 0 Å². The number of nitrogens with one attached hydrogen (secondary N) is 2. The van der Waals surface area contributed by atoms with E-state index in [1.807, 2.05) is 12.3 Å². The molecule has 0 radical (unpaired) electrons. The average Bonchev–Trinajstić information content (AvgIpc) is 3.23. The third kappa shape index (κ3) is 4.63. The summed E-state index contributed by atoms with van der Waals surface area (Å²) in [7, 11) is 1.61. The second kappa shape index (κ2) is 8.87. The van der Waals surface area contributed by atoms with Crippen LogP contribution in [0, 0.1) is 0 Å². The molecule has 1 atom stereocenters. The normalized spacial score (nSPS) is 17.1. The fourth-order valence-corrected chi connectivity index (χ4v) is 3.83. The highest BCUT2D eigenvalue weighted by atomic mass is 16.5. The molecule has 1 saturated heterocycles. The zero-order valence-corrected chi connectivity index (χ0v) is 16.5. The first-order chi connectivity index (χ1) is 14.2. The van der Waals surface area contributed by atoms with Crippen molar-refractivity contribution < 1.29 is 9.53 Å². The number of anilines is 1. The van der Waals surface area contributed by atoms with Gasteiger partial charge in [0.1, 0.15) is 5.75 Å². The molecule has 2 aromatic heterocycles. The first-order valence-electron chi connectivity index (χ1n) is 9.83. The lowest BCUT2D eigenvalue weighted by atomic mass is 9.93. The summed E-state index contributed by atoms with van der Waals surface area (Å²) in [5.74, 6) is 0.869. The molecule has 0 aliphatic carbocycles. The van der Waals surface area contributed by atoms with Gasteiger partial charge in [-0.15, -0.1) is 0 Å². The van der Waals surface area contributed by atoms with Gasteiger partial charge in [0.2, 0.25) is 0 Å². The van der Waals surface area contributed by atoms with Gasteiger partial charge in [0.25, 0.3) is 5.91 Å². The number of pyridine rings is 1. The zero-order chi connectivity index (χ0) is 20.1. The number of rotatable bonds is 6. The smallest absolute Gasteiger partial charge is 0.255 e. The summed E-state index contributed by atoms with van der Waals surface area (Å²) < 4.78 is 5.15. The Kier molecular flexibility index (Phi) is 5.86. The van der Waals surface area contributed by atoms with Gasteiger partial charge in [0, 0.05) is 37.0 Å². The molecule has 7 nitrogen and oxygen atoms in total. The number of amides is 1. The van der Waals surface area contributed by atoms with E-state index >= 15 is 0 Å². The number of hydrogen-bond donors (Lipinski definition) is 2. The van der Waals surface area contributed by atoms with E-state index < -0.39 is 0 Å². The minimum atomic E-state index is -0.154. The highest BCUT2D eigenvalue weighted by molar-refractivity contribution is 6.04. The molecule has 0 bridgehead atoms. The first kappa shape index (κ1) is 19.1. The Balaban J connectivity index is 1.43. The van der Waals surface area contributed by atoms with Crippen molar-refractivity contribution in [2.24, 2.45) is 0 Å². The molecular formula is C22H25N5O2. The van der Waals surface area contributed by atoms with Crippen LogP contribution in [0.5, 0.6) is 5.75 Å². The Hall–Kier alpha value is -3.19. The lowest BCUT2D eigenvalue weighted by molar-refractivity contribution is 0.102. The van der Waals surface area contributed by atoms with Crippen molar-refractivity contribution in [2.75, 3.05) is 25.5 Å². The quantitative estimate of drug-likeness (QED) is 0.673. The third-order valence-corrected chi connectivity index (χ3v) is 5.31. The largest absolute Gasteiger partial charge is 0.497 e.